The Labute approximate surface area is 152 Å². The lowest BCUT2D eigenvalue weighted by molar-refractivity contribution is -0.111. The lowest BCUT2D eigenvalue weighted by atomic mass is 10.1. The number of pyridine rings is 1. The largest absolute Gasteiger partial charge is 0.334 e. The van der Waals surface area contributed by atoms with Gasteiger partial charge in [0.05, 0.1) is 5.69 Å². The number of hydrogen-bond donors (Lipinski definition) is 1. The molecule has 26 heavy (non-hydrogen) atoms. The van der Waals surface area contributed by atoms with E-state index in [9.17, 15) is 4.79 Å². The van der Waals surface area contributed by atoms with Gasteiger partial charge in [0.25, 0.3) is 0 Å². The van der Waals surface area contributed by atoms with E-state index in [2.05, 4.69) is 21.1 Å². The van der Waals surface area contributed by atoms with Gasteiger partial charge < -0.3 is 9.88 Å². The number of imidazole rings is 1. The SMILES string of the molecule is O=C(C=Cc1ccncc1)Nc1ccc(-c2cn3c(n2)CCCC3)cc1. The zero-order chi connectivity index (χ0) is 17.8. The maximum absolute atomic E-state index is 12.0. The summed E-state index contributed by atoms with van der Waals surface area (Å²) in [5.41, 5.74) is 3.77. The maximum atomic E-state index is 12.0. The Morgan fingerprint density at radius 2 is 1.88 bits per heavy atom. The van der Waals surface area contributed by atoms with Gasteiger partial charge in [-0.15, -0.1) is 0 Å². The molecule has 3 aromatic rings. The molecule has 1 N–H and O–H groups in total. The summed E-state index contributed by atoms with van der Waals surface area (Å²) in [6.45, 7) is 1.06. The first-order valence-corrected chi connectivity index (χ1v) is 8.83. The van der Waals surface area contributed by atoms with Crippen LogP contribution < -0.4 is 5.32 Å². The Kier molecular flexibility index (Phi) is 4.60. The van der Waals surface area contributed by atoms with Crippen molar-refractivity contribution in [3.63, 3.8) is 0 Å². The summed E-state index contributed by atoms with van der Waals surface area (Å²) >= 11 is 0. The summed E-state index contributed by atoms with van der Waals surface area (Å²) in [5.74, 6) is 1.01. The highest BCUT2D eigenvalue weighted by atomic mass is 16.1. The molecular weight excluding hydrogens is 324 g/mol. The fourth-order valence-corrected chi connectivity index (χ4v) is 3.11. The highest BCUT2D eigenvalue weighted by Crippen LogP contribution is 2.24. The van der Waals surface area contributed by atoms with Gasteiger partial charge in [-0.1, -0.05) is 12.1 Å². The predicted molar refractivity (Wildman–Crippen MR) is 103 cm³/mol. The van der Waals surface area contributed by atoms with E-state index in [1.807, 2.05) is 36.4 Å². The van der Waals surface area contributed by atoms with Crippen LogP contribution in [-0.4, -0.2) is 20.4 Å². The minimum absolute atomic E-state index is 0.160. The van der Waals surface area contributed by atoms with Crippen LogP contribution in [0.2, 0.25) is 0 Å². The molecule has 0 fully saturated rings. The molecule has 0 atom stereocenters. The van der Waals surface area contributed by atoms with Gasteiger partial charge in [0, 0.05) is 48.9 Å². The summed E-state index contributed by atoms with van der Waals surface area (Å²) in [5, 5.41) is 2.87. The summed E-state index contributed by atoms with van der Waals surface area (Å²) in [4.78, 5) is 20.7. The van der Waals surface area contributed by atoms with Gasteiger partial charge in [0.15, 0.2) is 0 Å². The van der Waals surface area contributed by atoms with Crippen LogP contribution in [-0.2, 0) is 17.8 Å². The Balaban J connectivity index is 1.42. The highest BCUT2D eigenvalue weighted by molar-refractivity contribution is 6.02. The van der Waals surface area contributed by atoms with E-state index in [0.29, 0.717) is 0 Å². The first-order chi connectivity index (χ1) is 12.8. The third-order valence-electron chi connectivity index (χ3n) is 4.49. The molecule has 0 radical (unpaired) electrons. The van der Waals surface area contributed by atoms with Crippen LogP contribution in [0.1, 0.15) is 24.2 Å². The van der Waals surface area contributed by atoms with Gasteiger partial charge in [-0.05, 0) is 48.7 Å². The summed E-state index contributed by atoms with van der Waals surface area (Å²) in [7, 11) is 0. The molecule has 1 aromatic carbocycles. The normalized spacial score (nSPS) is 13.5. The fourth-order valence-electron chi connectivity index (χ4n) is 3.11. The van der Waals surface area contributed by atoms with Crippen molar-refractivity contribution in [3.8, 4) is 11.3 Å². The second-order valence-corrected chi connectivity index (χ2v) is 6.37. The van der Waals surface area contributed by atoms with E-state index in [-0.39, 0.29) is 5.91 Å². The van der Waals surface area contributed by atoms with Gasteiger partial charge >= 0.3 is 0 Å². The number of carbonyl (C=O) groups is 1. The standard InChI is InChI=1S/C21H20N4O/c26-21(9-4-16-10-12-22-13-11-16)23-18-7-5-17(6-8-18)19-15-25-14-2-1-3-20(25)24-19/h4-13,15H,1-3,14H2,(H,23,26). The van der Waals surface area contributed by atoms with Crippen molar-refractivity contribution in [1.82, 2.24) is 14.5 Å². The monoisotopic (exact) mass is 344 g/mol. The molecule has 3 heterocycles. The topological polar surface area (TPSA) is 59.8 Å². The number of carbonyl (C=O) groups excluding carboxylic acids is 1. The van der Waals surface area contributed by atoms with Crippen LogP contribution in [0, 0.1) is 0 Å². The third-order valence-corrected chi connectivity index (χ3v) is 4.49. The van der Waals surface area contributed by atoms with Gasteiger partial charge in [-0.25, -0.2) is 4.98 Å². The number of aryl methyl sites for hydroxylation is 2. The van der Waals surface area contributed by atoms with Crippen molar-refractivity contribution in [2.45, 2.75) is 25.8 Å². The summed E-state index contributed by atoms with van der Waals surface area (Å²) in [6.07, 6.45) is 12.3. The number of aromatic nitrogens is 3. The predicted octanol–water partition coefficient (Wildman–Crippen LogP) is 3.93. The smallest absolute Gasteiger partial charge is 0.248 e. The van der Waals surface area contributed by atoms with Crippen LogP contribution >= 0.6 is 0 Å². The van der Waals surface area contributed by atoms with Gasteiger partial charge in [-0.2, -0.15) is 0 Å². The molecule has 2 aromatic heterocycles. The molecular formula is C21H20N4O. The molecule has 130 valence electrons. The number of hydrogen-bond acceptors (Lipinski definition) is 3. The van der Waals surface area contributed by atoms with Crippen LogP contribution in [0.3, 0.4) is 0 Å². The quantitative estimate of drug-likeness (QED) is 0.730. The van der Waals surface area contributed by atoms with Crippen molar-refractivity contribution in [2.75, 3.05) is 5.32 Å². The van der Waals surface area contributed by atoms with Gasteiger partial charge in [-0.3, -0.25) is 9.78 Å². The molecule has 5 heteroatoms. The van der Waals surface area contributed by atoms with Crippen molar-refractivity contribution in [2.24, 2.45) is 0 Å². The van der Waals surface area contributed by atoms with Crippen LogP contribution in [0.15, 0.2) is 61.1 Å². The van der Waals surface area contributed by atoms with Gasteiger partial charge in [0.2, 0.25) is 5.91 Å². The molecule has 0 unspecified atom stereocenters. The zero-order valence-corrected chi connectivity index (χ0v) is 14.4. The number of rotatable bonds is 4. The minimum atomic E-state index is -0.160. The van der Waals surface area contributed by atoms with E-state index in [1.165, 1.54) is 24.7 Å². The molecule has 1 amide bonds. The fraction of sp³-hybridized carbons (Fsp3) is 0.190. The number of fused-ring (bicyclic) bond motifs is 1. The number of amides is 1. The van der Waals surface area contributed by atoms with E-state index < -0.39 is 0 Å². The number of nitrogens with zero attached hydrogens (tertiary/aromatic N) is 3. The second-order valence-electron chi connectivity index (χ2n) is 6.37. The van der Waals surface area contributed by atoms with Crippen molar-refractivity contribution >= 4 is 17.7 Å². The van der Waals surface area contributed by atoms with Crippen LogP contribution in [0.5, 0.6) is 0 Å². The third kappa shape index (κ3) is 3.72. The average Bonchev–Trinajstić information content (AvgIpc) is 3.12. The van der Waals surface area contributed by atoms with E-state index in [1.54, 1.807) is 18.5 Å². The Morgan fingerprint density at radius 3 is 2.65 bits per heavy atom. The van der Waals surface area contributed by atoms with Gasteiger partial charge in [0.1, 0.15) is 5.82 Å². The number of benzene rings is 1. The zero-order valence-electron chi connectivity index (χ0n) is 14.4. The van der Waals surface area contributed by atoms with Crippen molar-refractivity contribution < 1.29 is 4.79 Å². The Bertz CT molecular complexity index is 903. The van der Waals surface area contributed by atoms with E-state index in [0.717, 1.165) is 35.5 Å². The number of anilines is 1. The lowest BCUT2D eigenvalue weighted by Crippen LogP contribution is -2.08. The molecule has 5 nitrogen and oxygen atoms in total. The molecule has 0 saturated carbocycles. The molecule has 1 aliphatic heterocycles. The van der Waals surface area contributed by atoms with Crippen molar-refractivity contribution in [1.29, 1.82) is 0 Å². The van der Waals surface area contributed by atoms with E-state index in [4.69, 9.17) is 4.98 Å². The molecule has 4 rings (SSSR count). The highest BCUT2D eigenvalue weighted by Gasteiger charge is 2.13. The first kappa shape index (κ1) is 16.3. The summed E-state index contributed by atoms with van der Waals surface area (Å²) < 4.78 is 2.25. The summed E-state index contributed by atoms with van der Waals surface area (Å²) in [6, 6.07) is 11.5. The first-order valence-electron chi connectivity index (χ1n) is 8.83. The maximum Gasteiger partial charge on any atom is 0.248 e. The molecule has 0 saturated heterocycles. The Morgan fingerprint density at radius 1 is 1.08 bits per heavy atom. The van der Waals surface area contributed by atoms with E-state index >= 15 is 0 Å². The molecule has 0 spiro atoms. The van der Waals surface area contributed by atoms with Crippen LogP contribution in [0.4, 0.5) is 5.69 Å². The second kappa shape index (κ2) is 7.35. The Hall–Kier alpha value is -3.21. The van der Waals surface area contributed by atoms with Crippen molar-refractivity contribution in [3.05, 3.63) is 72.5 Å². The number of nitrogens with one attached hydrogen (secondary N) is 1. The molecule has 0 aliphatic carbocycles. The minimum Gasteiger partial charge on any atom is -0.334 e. The average molecular weight is 344 g/mol. The molecule has 0 bridgehead atoms. The van der Waals surface area contributed by atoms with Crippen LogP contribution in [0.25, 0.3) is 17.3 Å². The lowest BCUT2D eigenvalue weighted by Gasteiger charge is -2.11. The molecule has 1 aliphatic rings.